The summed E-state index contributed by atoms with van der Waals surface area (Å²) in [5.74, 6) is 0.514. The van der Waals surface area contributed by atoms with Crippen molar-refractivity contribution in [2.45, 2.75) is 11.8 Å². The minimum absolute atomic E-state index is 0.269. The topological polar surface area (TPSA) is 59.7 Å². The highest BCUT2D eigenvalue weighted by molar-refractivity contribution is 7.91. The van der Waals surface area contributed by atoms with Gasteiger partial charge < -0.3 is 4.55 Å². The van der Waals surface area contributed by atoms with Crippen LogP contribution in [0.25, 0.3) is 0 Å². The summed E-state index contributed by atoms with van der Waals surface area (Å²) in [5.41, 5.74) is 1.20. The molecular weight excluding hydrogens is 183 g/mol. The average molecular weight is 192 g/mol. The first kappa shape index (κ1) is 10.1. The second-order valence-electron chi connectivity index (χ2n) is 2.61. The summed E-state index contributed by atoms with van der Waals surface area (Å²) in [5, 5.41) is 8.71. The molecule has 0 spiro atoms. The molecule has 3 nitrogen and oxygen atoms in total. The Kier molecular flexibility index (Phi) is 3.35. The van der Waals surface area contributed by atoms with Gasteiger partial charge in [-0.15, -0.1) is 0 Å². The molecule has 66 valence electrons. The van der Waals surface area contributed by atoms with Gasteiger partial charge in [0.2, 0.25) is 0 Å². The Morgan fingerprint density at radius 3 is 3.00 bits per heavy atom. The van der Waals surface area contributed by atoms with Gasteiger partial charge in [0.05, 0.1) is 0 Å². The minimum Gasteiger partial charge on any atom is -0.611 e. The summed E-state index contributed by atoms with van der Waals surface area (Å²) < 4.78 is 11.5. The van der Waals surface area contributed by atoms with E-state index in [2.05, 4.69) is 4.98 Å². The van der Waals surface area contributed by atoms with Crippen molar-refractivity contribution in [1.29, 1.82) is 5.26 Å². The molecule has 0 saturated carbocycles. The first-order chi connectivity index (χ1) is 6.19. The summed E-state index contributed by atoms with van der Waals surface area (Å²) in [6.45, 7) is 1.82. The first-order valence-electron chi connectivity index (χ1n) is 3.94. The molecule has 0 N–H and O–H groups in total. The summed E-state index contributed by atoms with van der Waals surface area (Å²) in [6, 6.07) is 3.69. The van der Waals surface area contributed by atoms with Crippen LogP contribution in [0.5, 0.6) is 0 Å². The van der Waals surface area contributed by atoms with Crippen molar-refractivity contribution in [3.63, 3.8) is 0 Å². The molecule has 13 heavy (non-hydrogen) atoms. The van der Waals surface area contributed by atoms with Crippen molar-refractivity contribution in [3.05, 3.63) is 18.0 Å². The summed E-state index contributed by atoms with van der Waals surface area (Å²) in [4.78, 5) is 4.46. The van der Waals surface area contributed by atoms with E-state index in [1.165, 1.54) is 0 Å². The monoisotopic (exact) mass is 192 g/mol. The lowest BCUT2D eigenvalue weighted by Crippen LogP contribution is -2.13. The number of hydrogen-bond donors (Lipinski definition) is 0. The maximum atomic E-state index is 11.5. The minimum atomic E-state index is -1.10. The Morgan fingerprint density at radius 1 is 1.77 bits per heavy atom. The van der Waals surface area contributed by atoms with E-state index in [-0.39, 0.29) is 5.69 Å². The zero-order valence-electron chi connectivity index (χ0n) is 7.57. The van der Waals surface area contributed by atoms with E-state index >= 15 is 0 Å². The van der Waals surface area contributed by atoms with E-state index in [1.807, 2.05) is 20.8 Å². The molecule has 0 aliphatic rings. The van der Waals surface area contributed by atoms with Crippen LogP contribution in [-0.2, 0) is 11.2 Å². The lowest BCUT2D eigenvalue weighted by Gasteiger charge is -2.08. The van der Waals surface area contributed by atoms with Crippen LogP contribution in [0, 0.1) is 11.3 Å². The molecule has 0 radical (unpaired) electrons. The third kappa shape index (κ3) is 2.23. The Balaban J connectivity index is 3.17. The van der Waals surface area contributed by atoms with Gasteiger partial charge in [-0.1, -0.05) is 5.46 Å². The molecule has 1 heterocycles. The number of pyridine rings is 1. The van der Waals surface area contributed by atoms with Crippen LogP contribution >= 0.6 is 0 Å². The van der Waals surface area contributed by atoms with Gasteiger partial charge in [-0.3, -0.25) is 0 Å². The second kappa shape index (κ2) is 4.31. The normalized spacial score (nSPS) is 12.1. The fraction of sp³-hybridized carbons (Fsp3) is 0.250. The van der Waals surface area contributed by atoms with Crippen molar-refractivity contribution in [3.8, 4) is 6.07 Å². The quantitative estimate of drug-likeness (QED) is 0.461. The highest BCUT2D eigenvalue weighted by Crippen LogP contribution is 2.12. The molecule has 0 aliphatic heterocycles. The molecule has 0 aliphatic carbocycles. The zero-order chi connectivity index (χ0) is 9.84. The molecule has 0 amide bonds. The van der Waals surface area contributed by atoms with Gasteiger partial charge in [0.15, 0.2) is 10.6 Å². The molecule has 1 aromatic rings. The summed E-state index contributed by atoms with van der Waals surface area (Å²) >= 11 is -1.10. The lowest BCUT2D eigenvalue weighted by atomic mass is 9.99. The average Bonchev–Trinajstić information content (AvgIpc) is 2.16. The molecule has 1 aromatic heterocycles. The Hall–Kier alpha value is -0.985. The van der Waals surface area contributed by atoms with Crippen LogP contribution < -0.4 is 5.46 Å². The molecule has 1 rings (SSSR count). The van der Waals surface area contributed by atoms with Gasteiger partial charge in [-0.25, -0.2) is 4.98 Å². The highest BCUT2D eigenvalue weighted by atomic mass is 32.2. The second-order valence-corrected chi connectivity index (χ2v) is 4.31. The van der Waals surface area contributed by atoms with E-state index in [0.29, 0.717) is 10.6 Å². The molecule has 0 saturated heterocycles. The molecule has 0 aromatic carbocycles. The van der Waals surface area contributed by atoms with Gasteiger partial charge >= 0.3 is 0 Å². The maximum absolute atomic E-state index is 11.5. The molecule has 0 bridgehead atoms. The van der Waals surface area contributed by atoms with Gasteiger partial charge in [0.1, 0.15) is 19.7 Å². The standard InChI is InChI=1S/C8H9BN2OS/c1-2-13(12)8-3-6(9)5-11-7(8)4-10/h3,5H,2,9H2,1H3. The van der Waals surface area contributed by atoms with Gasteiger partial charge in [0.25, 0.3) is 0 Å². The van der Waals surface area contributed by atoms with Crippen molar-refractivity contribution in [2.75, 3.05) is 5.75 Å². The molecule has 1 unspecified atom stereocenters. The zero-order valence-corrected chi connectivity index (χ0v) is 8.39. The first-order valence-corrected chi connectivity index (χ1v) is 5.26. The van der Waals surface area contributed by atoms with Crippen LogP contribution in [0.15, 0.2) is 17.2 Å². The number of rotatable bonds is 2. The van der Waals surface area contributed by atoms with Crippen LogP contribution in [0.1, 0.15) is 12.6 Å². The smallest absolute Gasteiger partial charge is 0.195 e. The molecular formula is C8H9BN2OS. The predicted molar refractivity (Wildman–Crippen MR) is 54.1 cm³/mol. The van der Waals surface area contributed by atoms with Crippen molar-refractivity contribution in [2.24, 2.45) is 0 Å². The Morgan fingerprint density at radius 2 is 2.46 bits per heavy atom. The van der Waals surface area contributed by atoms with Gasteiger partial charge in [-0.2, -0.15) is 5.26 Å². The van der Waals surface area contributed by atoms with Crippen molar-refractivity contribution in [1.82, 2.24) is 4.98 Å². The predicted octanol–water partition coefficient (Wildman–Crippen LogP) is -0.661. The number of hydrogen-bond acceptors (Lipinski definition) is 3. The van der Waals surface area contributed by atoms with E-state index in [1.54, 1.807) is 12.3 Å². The van der Waals surface area contributed by atoms with Crippen molar-refractivity contribution < 1.29 is 4.55 Å². The van der Waals surface area contributed by atoms with Gasteiger partial charge in [0, 0.05) is 6.20 Å². The van der Waals surface area contributed by atoms with Gasteiger partial charge in [-0.05, 0) is 24.2 Å². The van der Waals surface area contributed by atoms with Crippen LogP contribution in [-0.4, -0.2) is 23.1 Å². The number of nitriles is 1. The fourth-order valence-corrected chi connectivity index (χ4v) is 1.90. The molecule has 0 fully saturated rings. The van der Waals surface area contributed by atoms with E-state index in [4.69, 9.17) is 5.26 Å². The maximum Gasteiger partial charge on any atom is 0.195 e. The van der Waals surface area contributed by atoms with E-state index in [0.717, 1.165) is 5.46 Å². The van der Waals surface area contributed by atoms with Crippen LogP contribution in [0.2, 0.25) is 0 Å². The summed E-state index contributed by atoms with van der Waals surface area (Å²) in [7, 11) is 1.87. The fourth-order valence-electron chi connectivity index (χ4n) is 0.955. The molecule has 1 atom stereocenters. The summed E-state index contributed by atoms with van der Waals surface area (Å²) in [6.07, 6.45) is 1.61. The van der Waals surface area contributed by atoms with Crippen LogP contribution in [0.4, 0.5) is 0 Å². The Bertz CT molecular complexity index is 350. The molecule has 5 heteroatoms. The third-order valence-electron chi connectivity index (χ3n) is 1.60. The van der Waals surface area contributed by atoms with E-state index in [9.17, 15) is 4.55 Å². The number of aromatic nitrogens is 1. The Labute approximate surface area is 81.4 Å². The largest absolute Gasteiger partial charge is 0.611 e. The lowest BCUT2D eigenvalue weighted by molar-refractivity contribution is 0.595. The third-order valence-corrected chi connectivity index (χ3v) is 2.93. The van der Waals surface area contributed by atoms with Crippen LogP contribution in [0.3, 0.4) is 0 Å². The SMILES string of the molecule is Bc1cnc(C#N)c([S+]([O-])CC)c1. The van der Waals surface area contributed by atoms with Crippen molar-refractivity contribution >= 4 is 24.5 Å². The number of nitrogens with zero attached hydrogens (tertiary/aromatic N) is 2. The highest BCUT2D eigenvalue weighted by Gasteiger charge is 2.15. The van der Waals surface area contributed by atoms with E-state index < -0.39 is 11.2 Å².